The van der Waals surface area contributed by atoms with E-state index in [-0.39, 0.29) is 16.6 Å². The second kappa shape index (κ2) is 9.31. The molecule has 1 saturated carbocycles. The Hall–Kier alpha value is -2.68. The number of amides is 3. The lowest BCUT2D eigenvalue weighted by Crippen LogP contribution is -2.48. The van der Waals surface area contributed by atoms with Crippen molar-refractivity contribution >= 4 is 35.2 Å². The van der Waals surface area contributed by atoms with Gasteiger partial charge in [0.2, 0.25) is 0 Å². The number of nitrogens with one attached hydrogen (secondary N) is 2. The lowest BCUT2D eigenvalue weighted by molar-refractivity contribution is -0.385. The number of hydrogen-bond acceptors (Lipinski definition) is 6. The minimum atomic E-state index is -1.31. The van der Waals surface area contributed by atoms with Crippen LogP contribution < -0.4 is 10.6 Å². The molecule has 3 amide bonds. The number of ether oxygens (including phenoxy) is 1. The Morgan fingerprint density at radius 3 is 2.56 bits per heavy atom. The number of urea groups is 1. The number of hydrogen-bond donors (Lipinski definition) is 2. The van der Waals surface area contributed by atoms with Gasteiger partial charge in [0, 0.05) is 17.1 Å². The van der Waals surface area contributed by atoms with Gasteiger partial charge in [0.15, 0.2) is 6.10 Å². The van der Waals surface area contributed by atoms with Crippen LogP contribution in [0.25, 0.3) is 0 Å². The van der Waals surface area contributed by atoms with E-state index in [0.717, 1.165) is 44.2 Å². The fraction of sp³-hybridized carbons (Fsp3) is 0.471. The van der Waals surface area contributed by atoms with Crippen LogP contribution in [0.5, 0.6) is 0 Å². The van der Waals surface area contributed by atoms with E-state index in [1.807, 2.05) is 0 Å². The van der Waals surface area contributed by atoms with Gasteiger partial charge in [0.05, 0.1) is 4.92 Å². The number of esters is 1. The van der Waals surface area contributed by atoms with Crippen molar-refractivity contribution in [1.29, 1.82) is 0 Å². The van der Waals surface area contributed by atoms with Gasteiger partial charge < -0.3 is 10.1 Å². The maximum atomic E-state index is 12.1. The maximum Gasteiger partial charge on any atom is 0.345 e. The molecule has 1 atom stereocenters. The topological polar surface area (TPSA) is 128 Å². The van der Waals surface area contributed by atoms with Crippen molar-refractivity contribution in [1.82, 2.24) is 10.6 Å². The summed E-state index contributed by atoms with van der Waals surface area (Å²) in [5, 5.41) is 15.9. The highest BCUT2D eigenvalue weighted by Gasteiger charge is 2.27. The Labute approximate surface area is 160 Å². The minimum Gasteiger partial charge on any atom is -0.449 e. The van der Waals surface area contributed by atoms with E-state index in [4.69, 9.17) is 16.3 Å². The summed E-state index contributed by atoms with van der Waals surface area (Å²) in [6.07, 6.45) is 3.56. The summed E-state index contributed by atoms with van der Waals surface area (Å²) in [5.74, 6) is -1.89. The molecule has 0 saturated heterocycles. The van der Waals surface area contributed by atoms with E-state index in [1.54, 1.807) is 0 Å². The first-order valence-corrected chi connectivity index (χ1v) is 8.92. The zero-order valence-corrected chi connectivity index (χ0v) is 15.5. The minimum absolute atomic E-state index is 0.0149. The van der Waals surface area contributed by atoms with Gasteiger partial charge in [-0.25, -0.2) is 9.59 Å². The Morgan fingerprint density at radius 1 is 1.26 bits per heavy atom. The molecule has 0 aromatic heterocycles. The normalized spacial score (nSPS) is 15.5. The molecule has 1 aromatic carbocycles. The highest BCUT2D eigenvalue weighted by atomic mass is 35.5. The molecule has 0 bridgehead atoms. The van der Waals surface area contributed by atoms with Gasteiger partial charge >= 0.3 is 12.0 Å². The molecule has 0 radical (unpaired) electrons. The van der Waals surface area contributed by atoms with Crippen LogP contribution >= 0.6 is 11.6 Å². The Kier molecular flexibility index (Phi) is 7.12. The van der Waals surface area contributed by atoms with Crippen molar-refractivity contribution in [3.05, 3.63) is 38.9 Å². The molecule has 1 unspecified atom stereocenters. The first-order valence-electron chi connectivity index (χ1n) is 8.54. The largest absolute Gasteiger partial charge is 0.449 e. The average molecular weight is 398 g/mol. The molecule has 1 fully saturated rings. The van der Waals surface area contributed by atoms with Crippen LogP contribution in [-0.4, -0.2) is 35.0 Å². The molecule has 9 nitrogen and oxygen atoms in total. The fourth-order valence-corrected chi connectivity index (χ4v) is 2.95. The number of carbonyl (C=O) groups excluding carboxylic acids is 3. The van der Waals surface area contributed by atoms with Crippen LogP contribution in [0.4, 0.5) is 10.5 Å². The smallest absolute Gasteiger partial charge is 0.345 e. The third-order valence-electron chi connectivity index (χ3n) is 4.21. The van der Waals surface area contributed by atoms with Gasteiger partial charge in [-0.1, -0.05) is 30.9 Å². The summed E-state index contributed by atoms with van der Waals surface area (Å²) in [7, 11) is 0. The van der Waals surface area contributed by atoms with Gasteiger partial charge in [-0.2, -0.15) is 0 Å². The van der Waals surface area contributed by atoms with Gasteiger partial charge in [-0.05, 0) is 31.9 Å². The van der Waals surface area contributed by atoms with E-state index in [1.165, 1.54) is 13.0 Å². The monoisotopic (exact) mass is 397 g/mol. The molecule has 146 valence electrons. The Morgan fingerprint density at radius 2 is 1.93 bits per heavy atom. The molecule has 0 spiro atoms. The highest BCUT2D eigenvalue weighted by Crippen LogP contribution is 2.24. The number of benzene rings is 1. The number of nitro groups is 1. The van der Waals surface area contributed by atoms with Crippen molar-refractivity contribution < 1.29 is 24.0 Å². The molecule has 10 heteroatoms. The number of carbonyl (C=O) groups is 3. The quantitative estimate of drug-likeness (QED) is 0.446. The SMILES string of the molecule is CC(OC(=O)c1ccc(Cl)cc1[N+](=O)[O-])C(=O)NC(=O)NC1CCCCC1. The fourth-order valence-electron chi connectivity index (χ4n) is 2.79. The Balaban J connectivity index is 1.92. The first-order chi connectivity index (χ1) is 12.8. The van der Waals surface area contributed by atoms with Crippen molar-refractivity contribution in [2.24, 2.45) is 0 Å². The number of nitro benzene ring substituents is 1. The van der Waals surface area contributed by atoms with E-state index in [0.29, 0.717) is 0 Å². The molecular formula is C17H20ClN3O6. The first kappa shape index (κ1) is 20.6. The molecule has 2 rings (SSSR count). The van der Waals surface area contributed by atoms with E-state index in [2.05, 4.69) is 10.6 Å². The molecule has 0 aliphatic heterocycles. The van der Waals surface area contributed by atoms with Gasteiger partial charge in [0.25, 0.3) is 11.6 Å². The van der Waals surface area contributed by atoms with Crippen LogP contribution in [0.1, 0.15) is 49.4 Å². The molecule has 1 aliphatic rings. The van der Waals surface area contributed by atoms with Gasteiger partial charge in [-0.15, -0.1) is 0 Å². The summed E-state index contributed by atoms with van der Waals surface area (Å²) < 4.78 is 4.94. The van der Waals surface area contributed by atoms with Crippen LogP contribution in [0.3, 0.4) is 0 Å². The lowest BCUT2D eigenvalue weighted by Gasteiger charge is -2.23. The second-order valence-corrected chi connectivity index (χ2v) is 6.70. The highest BCUT2D eigenvalue weighted by molar-refractivity contribution is 6.31. The maximum absolute atomic E-state index is 12.1. The molecule has 27 heavy (non-hydrogen) atoms. The van der Waals surface area contributed by atoms with Gasteiger partial charge in [-0.3, -0.25) is 20.2 Å². The van der Waals surface area contributed by atoms with Crippen LogP contribution in [0.2, 0.25) is 5.02 Å². The van der Waals surface area contributed by atoms with Crippen LogP contribution in [0.15, 0.2) is 18.2 Å². The number of rotatable bonds is 5. The number of nitrogens with zero attached hydrogens (tertiary/aromatic N) is 1. The molecule has 0 heterocycles. The number of imide groups is 1. The van der Waals surface area contributed by atoms with E-state index >= 15 is 0 Å². The lowest BCUT2D eigenvalue weighted by atomic mass is 9.96. The third-order valence-corrected chi connectivity index (χ3v) is 4.44. The zero-order valence-electron chi connectivity index (χ0n) is 14.7. The van der Waals surface area contributed by atoms with Crippen LogP contribution in [0, 0.1) is 10.1 Å². The zero-order chi connectivity index (χ0) is 20.0. The predicted molar refractivity (Wildman–Crippen MR) is 96.5 cm³/mol. The summed E-state index contributed by atoms with van der Waals surface area (Å²) in [6, 6.07) is 2.81. The van der Waals surface area contributed by atoms with E-state index < -0.39 is 34.6 Å². The summed E-state index contributed by atoms with van der Waals surface area (Å²) in [4.78, 5) is 46.3. The third kappa shape index (κ3) is 5.92. The average Bonchev–Trinajstić information content (AvgIpc) is 2.62. The predicted octanol–water partition coefficient (Wildman–Crippen LogP) is 2.95. The Bertz CT molecular complexity index is 748. The van der Waals surface area contributed by atoms with Crippen molar-refractivity contribution in [3.63, 3.8) is 0 Å². The van der Waals surface area contributed by atoms with E-state index in [9.17, 15) is 24.5 Å². The van der Waals surface area contributed by atoms with Crippen LogP contribution in [-0.2, 0) is 9.53 Å². The molecule has 2 N–H and O–H groups in total. The van der Waals surface area contributed by atoms with Crippen molar-refractivity contribution in [2.75, 3.05) is 0 Å². The summed E-state index contributed by atoms with van der Waals surface area (Å²) in [6.45, 7) is 1.27. The molecule has 1 aliphatic carbocycles. The number of halogens is 1. The summed E-state index contributed by atoms with van der Waals surface area (Å²) in [5.41, 5.74) is -0.870. The summed E-state index contributed by atoms with van der Waals surface area (Å²) >= 11 is 5.69. The molecule has 1 aromatic rings. The molecular weight excluding hydrogens is 378 g/mol. The standard InChI is InChI=1S/C17H20ClN3O6/c1-10(15(22)20-17(24)19-12-5-3-2-4-6-12)27-16(23)13-8-7-11(18)9-14(13)21(25)26/h7-10,12H,2-6H2,1H3,(H2,19,20,22,24). The van der Waals surface area contributed by atoms with Crippen molar-refractivity contribution in [2.45, 2.75) is 51.2 Å². The second-order valence-electron chi connectivity index (χ2n) is 6.26. The van der Waals surface area contributed by atoms with Crippen molar-refractivity contribution in [3.8, 4) is 0 Å². The van der Waals surface area contributed by atoms with Gasteiger partial charge in [0.1, 0.15) is 5.56 Å².